The molecule has 1 N–H and O–H groups in total. The SMILES string of the molecule is Cc1nn([C@H]2CCS(=O)(=O)C2)c(C)c1C[NH+](C)Cc1ccc2c(c1)OCO2. The fourth-order valence-corrected chi connectivity index (χ4v) is 5.73. The van der Waals surface area contributed by atoms with Crippen molar-refractivity contribution in [1.82, 2.24) is 9.78 Å². The third-order valence-electron chi connectivity index (χ3n) is 5.45. The van der Waals surface area contributed by atoms with Gasteiger partial charge in [0, 0.05) is 11.3 Å². The first kappa shape index (κ1) is 18.3. The van der Waals surface area contributed by atoms with Crippen molar-refractivity contribution in [3.8, 4) is 11.5 Å². The lowest BCUT2D eigenvalue weighted by Gasteiger charge is -2.16. The summed E-state index contributed by atoms with van der Waals surface area (Å²) >= 11 is 0. The van der Waals surface area contributed by atoms with Gasteiger partial charge in [0.15, 0.2) is 21.3 Å². The van der Waals surface area contributed by atoms with Gasteiger partial charge >= 0.3 is 0 Å². The van der Waals surface area contributed by atoms with Crippen molar-refractivity contribution in [3.63, 3.8) is 0 Å². The molecule has 0 bridgehead atoms. The van der Waals surface area contributed by atoms with Crippen molar-refractivity contribution in [2.75, 3.05) is 25.3 Å². The van der Waals surface area contributed by atoms with Crippen molar-refractivity contribution in [2.45, 2.75) is 39.4 Å². The van der Waals surface area contributed by atoms with Crippen LogP contribution in [0.15, 0.2) is 18.2 Å². The van der Waals surface area contributed by atoms with Crippen LogP contribution in [0.3, 0.4) is 0 Å². The van der Waals surface area contributed by atoms with E-state index in [1.807, 2.05) is 30.7 Å². The molecular formula is C19H26N3O4S+. The van der Waals surface area contributed by atoms with Crippen LogP contribution in [0.25, 0.3) is 0 Å². The van der Waals surface area contributed by atoms with Gasteiger partial charge in [-0.2, -0.15) is 5.10 Å². The number of hydrogen-bond donors (Lipinski definition) is 1. The molecule has 146 valence electrons. The molecule has 0 spiro atoms. The quantitative estimate of drug-likeness (QED) is 0.815. The van der Waals surface area contributed by atoms with E-state index in [1.54, 1.807) is 0 Å². The number of nitrogens with one attached hydrogen (secondary N) is 1. The Bertz CT molecular complexity index is 968. The molecule has 8 heteroatoms. The molecule has 1 saturated heterocycles. The Morgan fingerprint density at radius 3 is 2.74 bits per heavy atom. The van der Waals surface area contributed by atoms with E-state index in [4.69, 9.17) is 9.47 Å². The van der Waals surface area contributed by atoms with Crippen LogP contribution >= 0.6 is 0 Å². The number of quaternary nitrogens is 1. The van der Waals surface area contributed by atoms with Crippen molar-refractivity contribution >= 4 is 9.84 Å². The fraction of sp³-hybridized carbons (Fsp3) is 0.526. The molecule has 0 aliphatic carbocycles. The molecular weight excluding hydrogens is 366 g/mol. The van der Waals surface area contributed by atoms with E-state index in [1.165, 1.54) is 16.0 Å². The third-order valence-corrected chi connectivity index (χ3v) is 7.20. The van der Waals surface area contributed by atoms with Gasteiger partial charge in [-0.05, 0) is 38.5 Å². The molecule has 7 nitrogen and oxygen atoms in total. The topological polar surface area (TPSA) is 74.9 Å². The smallest absolute Gasteiger partial charge is 0.231 e. The van der Waals surface area contributed by atoms with Gasteiger partial charge in [-0.15, -0.1) is 0 Å². The summed E-state index contributed by atoms with van der Waals surface area (Å²) < 4.78 is 36.4. The molecule has 1 unspecified atom stereocenters. The maximum absolute atomic E-state index is 11.8. The third kappa shape index (κ3) is 3.68. The Morgan fingerprint density at radius 2 is 2.00 bits per heavy atom. The lowest BCUT2D eigenvalue weighted by molar-refractivity contribution is -0.907. The van der Waals surface area contributed by atoms with Crippen LogP contribution in [0.1, 0.15) is 35.0 Å². The van der Waals surface area contributed by atoms with Gasteiger partial charge in [0.25, 0.3) is 0 Å². The number of benzene rings is 1. The molecule has 2 aromatic rings. The van der Waals surface area contributed by atoms with Gasteiger partial charge in [-0.3, -0.25) is 4.68 Å². The lowest BCUT2D eigenvalue weighted by Crippen LogP contribution is -3.06. The zero-order valence-corrected chi connectivity index (χ0v) is 16.8. The molecule has 0 radical (unpaired) electrons. The second-order valence-electron chi connectivity index (χ2n) is 7.65. The first-order valence-electron chi connectivity index (χ1n) is 9.27. The number of nitrogens with zero attached hydrogens (tertiary/aromatic N) is 2. The monoisotopic (exact) mass is 392 g/mol. The van der Waals surface area contributed by atoms with Gasteiger partial charge in [0.2, 0.25) is 6.79 Å². The fourth-order valence-electron chi connectivity index (χ4n) is 4.04. The lowest BCUT2D eigenvalue weighted by atomic mass is 10.1. The van der Waals surface area contributed by atoms with Crippen LogP contribution in [0.2, 0.25) is 0 Å². The normalized spacial score (nSPS) is 21.5. The van der Waals surface area contributed by atoms with E-state index in [2.05, 4.69) is 18.2 Å². The minimum atomic E-state index is -2.92. The summed E-state index contributed by atoms with van der Waals surface area (Å²) in [6.45, 7) is 6.05. The van der Waals surface area contributed by atoms with E-state index >= 15 is 0 Å². The van der Waals surface area contributed by atoms with E-state index in [9.17, 15) is 8.42 Å². The highest BCUT2D eigenvalue weighted by molar-refractivity contribution is 7.91. The number of hydrogen-bond acceptors (Lipinski definition) is 5. The summed E-state index contributed by atoms with van der Waals surface area (Å²) in [5.74, 6) is 2.08. The Kier molecular flexibility index (Phi) is 4.63. The summed E-state index contributed by atoms with van der Waals surface area (Å²) in [7, 11) is -0.767. The molecule has 2 atom stereocenters. The molecule has 0 saturated carbocycles. The van der Waals surface area contributed by atoms with Crippen LogP contribution in [0, 0.1) is 13.8 Å². The van der Waals surface area contributed by atoms with Crippen molar-refractivity contribution < 1.29 is 22.8 Å². The average molecular weight is 393 g/mol. The van der Waals surface area contributed by atoms with Gasteiger partial charge in [-0.1, -0.05) is 0 Å². The van der Waals surface area contributed by atoms with Gasteiger partial charge in [-0.25, -0.2) is 8.42 Å². The van der Waals surface area contributed by atoms with Gasteiger partial charge in [0.1, 0.15) is 13.1 Å². The molecule has 1 fully saturated rings. The number of ether oxygens (including phenoxy) is 2. The molecule has 4 rings (SSSR count). The molecule has 0 amide bonds. The highest BCUT2D eigenvalue weighted by Gasteiger charge is 2.31. The van der Waals surface area contributed by atoms with E-state index in [0.29, 0.717) is 6.42 Å². The molecule has 1 aromatic carbocycles. The van der Waals surface area contributed by atoms with Gasteiger partial charge < -0.3 is 14.4 Å². The standard InChI is InChI=1S/C19H25N3O4S/c1-13-17(14(2)22(20-13)16-6-7-27(23,24)11-16)10-21(3)9-15-4-5-18-19(8-15)26-12-25-18/h4-5,8,16H,6-7,9-12H2,1-3H3/p+1/t16-/m0/s1. The Balaban J connectivity index is 1.47. The number of aryl methyl sites for hydroxylation is 1. The first-order valence-corrected chi connectivity index (χ1v) is 11.1. The van der Waals surface area contributed by atoms with E-state index in [0.717, 1.165) is 36.0 Å². The van der Waals surface area contributed by atoms with Crippen LogP contribution in [-0.4, -0.2) is 43.5 Å². The summed E-state index contributed by atoms with van der Waals surface area (Å²) in [5.41, 5.74) is 4.47. The predicted octanol–water partition coefficient (Wildman–Crippen LogP) is 0.803. The van der Waals surface area contributed by atoms with Crippen LogP contribution in [0.5, 0.6) is 11.5 Å². The van der Waals surface area contributed by atoms with Crippen molar-refractivity contribution in [1.29, 1.82) is 0 Å². The molecule has 27 heavy (non-hydrogen) atoms. The molecule has 3 heterocycles. The average Bonchev–Trinajstić information content (AvgIpc) is 3.28. The first-order chi connectivity index (χ1) is 12.8. The van der Waals surface area contributed by atoms with Gasteiger partial charge in [0.05, 0.1) is 35.9 Å². The minimum Gasteiger partial charge on any atom is -0.454 e. The zero-order chi connectivity index (χ0) is 19.2. The summed E-state index contributed by atoms with van der Waals surface area (Å²) in [5, 5.41) is 4.67. The number of aromatic nitrogens is 2. The predicted molar refractivity (Wildman–Crippen MR) is 101 cm³/mol. The molecule has 2 aliphatic rings. The van der Waals surface area contributed by atoms with Crippen LogP contribution in [0.4, 0.5) is 0 Å². The second kappa shape index (κ2) is 6.83. The highest BCUT2D eigenvalue weighted by atomic mass is 32.2. The van der Waals surface area contributed by atoms with Crippen LogP contribution < -0.4 is 14.4 Å². The second-order valence-corrected chi connectivity index (χ2v) is 9.88. The van der Waals surface area contributed by atoms with Crippen LogP contribution in [-0.2, 0) is 22.9 Å². The maximum atomic E-state index is 11.8. The van der Waals surface area contributed by atoms with E-state index < -0.39 is 9.84 Å². The number of fused-ring (bicyclic) bond motifs is 1. The summed E-state index contributed by atoms with van der Waals surface area (Å²) in [4.78, 5) is 1.33. The number of rotatable bonds is 5. The number of sulfone groups is 1. The highest BCUT2D eigenvalue weighted by Crippen LogP contribution is 2.32. The summed E-state index contributed by atoms with van der Waals surface area (Å²) in [6, 6.07) is 6.04. The maximum Gasteiger partial charge on any atom is 0.231 e. The van der Waals surface area contributed by atoms with Crippen molar-refractivity contribution in [3.05, 3.63) is 40.7 Å². The summed E-state index contributed by atoms with van der Waals surface area (Å²) in [6.07, 6.45) is 0.656. The largest absolute Gasteiger partial charge is 0.454 e. The van der Waals surface area contributed by atoms with Crippen molar-refractivity contribution in [2.24, 2.45) is 0 Å². The molecule has 1 aromatic heterocycles. The zero-order valence-electron chi connectivity index (χ0n) is 16.0. The Labute approximate surface area is 159 Å². The van der Waals surface area contributed by atoms with E-state index in [-0.39, 0.29) is 24.3 Å². The molecule has 2 aliphatic heterocycles. The Morgan fingerprint density at radius 1 is 1.22 bits per heavy atom. The Hall–Kier alpha value is -2.06. The minimum absolute atomic E-state index is 0.0309.